The van der Waals surface area contributed by atoms with Crippen LogP contribution in [0.2, 0.25) is 0 Å². The highest BCUT2D eigenvalue weighted by Gasteiger charge is 2.45. The molecule has 0 saturated carbocycles. The van der Waals surface area contributed by atoms with E-state index in [0.29, 0.717) is 19.4 Å². The van der Waals surface area contributed by atoms with Gasteiger partial charge in [-0.25, -0.2) is 4.79 Å². The highest BCUT2D eigenvalue weighted by molar-refractivity contribution is 5.80. The van der Waals surface area contributed by atoms with Gasteiger partial charge < -0.3 is 14.8 Å². The van der Waals surface area contributed by atoms with E-state index in [9.17, 15) is 14.4 Å². The van der Waals surface area contributed by atoms with Crippen molar-refractivity contribution in [2.45, 2.75) is 90.6 Å². The van der Waals surface area contributed by atoms with Gasteiger partial charge in [0.2, 0.25) is 0 Å². The summed E-state index contributed by atoms with van der Waals surface area (Å²) in [6, 6.07) is 18.4. The van der Waals surface area contributed by atoms with Gasteiger partial charge in [0.25, 0.3) is 0 Å². The number of nitrogens with zero attached hydrogens (tertiary/aromatic N) is 1. The second-order valence-electron chi connectivity index (χ2n) is 11.1. The zero-order valence-corrected chi connectivity index (χ0v) is 23.3. The zero-order chi connectivity index (χ0) is 27.7. The Hall–Kier alpha value is -3.19. The fraction of sp³-hybridized carbons (Fsp3) is 0.516. The van der Waals surface area contributed by atoms with Crippen molar-refractivity contribution in [2.24, 2.45) is 5.92 Å². The zero-order valence-electron chi connectivity index (χ0n) is 23.3. The van der Waals surface area contributed by atoms with E-state index in [-0.39, 0.29) is 36.4 Å². The second kappa shape index (κ2) is 13.6. The molecule has 0 radical (unpaired) electrons. The Balaban J connectivity index is 1.84. The average molecular weight is 523 g/mol. The summed E-state index contributed by atoms with van der Waals surface area (Å²) in [6.45, 7) is 9.83. The van der Waals surface area contributed by atoms with Crippen LogP contribution < -0.4 is 5.32 Å². The molecule has 3 rings (SSSR count). The standard InChI is InChI=1S/C31H42N2O5/c1-6-13-26(22(2)34)27(18-23-14-9-7-10-15-23)33-20-25(19-28(33)29(35)38-31(3,4)5)32-30(36)37-21-24-16-11-8-12-17-24/h7-12,14-17,25-28H,6,13,18-21H2,1-5H3,(H,32,36)/t25-,26+,27-,28?/m1/s1. The molecule has 0 bridgehead atoms. The first-order valence-electron chi connectivity index (χ1n) is 13.6. The number of ether oxygens (including phenoxy) is 2. The van der Waals surface area contributed by atoms with E-state index < -0.39 is 17.7 Å². The van der Waals surface area contributed by atoms with Gasteiger partial charge in [-0.15, -0.1) is 0 Å². The van der Waals surface area contributed by atoms with Gasteiger partial charge in [0.05, 0.1) is 0 Å². The summed E-state index contributed by atoms with van der Waals surface area (Å²) >= 11 is 0. The number of amides is 1. The van der Waals surface area contributed by atoms with Crippen LogP contribution in [-0.4, -0.2) is 53.0 Å². The first-order chi connectivity index (χ1) is 18.1. The Bertz CT molecular complexity index is 1050. The lowest BCUT2D eigenvalue weighted by Gasteiger charge is -2.37. The van der Waals surface area contributed by atoms with Crippen molar-refractivity contribution >= 4 is 17.8 Å². The van der Waals surface area contributed by atoms with Crippen LogP contribution in [0, 0.1) is 5.92 Å². The van der Waals surface area contributed by atoms with Crippen LogP contribution >= 0.6 is 0 Å². The van der Waals surface area contributed by atoms with Crippen molar-refractivity contribution in [3.8, 4) is 0 Å². The number of alkyl carbamates (subject to hydrolysis) is 1. The number of rotatable bonds is 11. The van der Waals surface area contributed by atoms with Crippen LogP contribution in [0.25, 0.3) is 0 Å². The van der Waals surface area contributed by atoms with Gasteiger partial charge >= 0.3 is 12.1 Å². The third-order valence-electron chi connectivity index (χ3n) is 6.85. The minimum absolute atomic E-state index is 0.106. The topological polar surface area (TPSA) is 84.9 Å². The summed E-state index contributed by atoms with van der Waals surface area (Å²) in [6.07, 6.45) is 2.06. The van der Waals surface area contributed by atoms with Crippen LogP contribution in [0.5, 0.6) is 0 Å². The number of likely N-dealkylation sites (tertiary alicyclic amines) is 1. The summed E-state index contributed by atoms with van der Waals surface area (Å²) in [5, 5.41) is 2.95. The maximum atomic E-state index is 13.4. The normalized spacial score (nSPS) is 19.4. The minimum Gasteiger partial charge on any atom is -0.459 e. The van der Waals surface area contributed by atoms with Crippen LogP contribution in [-0.2, 0) is 32.1 Å². The van der Waals surface area contributed by atoms with Crippen LogP contribution in [0.1, 0.15) is 65.0 Å². The third-order valence-corrected chi connectivity index (χ3v) is 6.85. The molecule has 1 amide bonds. The highest BCUT2D eigenvalue weighted by Crippen LogP contribution is 2.31. The van der Waals surface area contributed by atoms with E-state index in [4.69, 9.17) is 9.47 Å². The number of carbonyl (C=O) groups excluding carboxylic acids is 3. The fourth-order valence-electron chi connectivity index (χ4n) is 5.19. The number of carbonyl (C=O) groups is 3. The van der Waals surface area contributed by atoms with Gasteiger partial charge in [-0.1, -0.05) is 74.0 Å². The molecule has 7 heteroatoms. The molecule has 0 spiro atoms. The molecule has 0 aromatic heterocycles. The van der Waals surface area contributed by atoms with E-state index in [1.54, 1.807) is 6.92 Å². The first-order valence-corrected chi connectivity index (χ1v) is 13.6. The number of ketones is 1. The van der Waals surface area contributed by atoms with E-state index in [2.05, 4.69) is 17.1 Å². The monoisotopic (exact) mass is 522 g/mol. The molecular weight excluding hydrogens is 480 g/mol. The molecule has 0 aliphatic carbocycles. The Morgan fingerprint density at radius 2 is 1.61 bits per heavy atom. The largest absolute Gasteiger partial charge is 0.459 e. The Labute approximate surface area is 226 Å². The predicted octanol–water partition coefficient (Wildman–Crippen LogP) is 5.31. The molecule has 1 unspecified atom stereocenters. The van der Waals surface area contributed by atoms with Crippen molar-refractivity contribution in [1.29, 1.82) is 0 Å². The maximum Gasteiger partial charge on any atom is 0.407 e. The van der Waals surface area contributed by atoms with Crippen molar-refractivity contribution in [3.05, 3.63) is 71.8 Å². The molecule has 1 aliphatic heterocycles. The van der Waals surface area contributed by atoms with Crippen molar-refractivity contribution in [3.63, 3.8) is 0 Å². The lowest BCUT2D eigenvalue weighted by Crippen LogP contribution is -2.51. The molecule has 1 heterocycles. The molecule has 1 fully saturated rings. The molecule has 2 aromatic rings. The summed E-state index contributed by atoms with van der Waals surface area (Å²) in [5.74, 6) is -0.473. The van der Waals surface area contributed by atoms with Gasteiger partial charge in [-0.05, 0) is 58.1 Å². The molecule has 4 atom stereocenters. The number of nitrogens with one attached hydrogen (secondary N) is 1. The van der Waals surface area contributed by atoms with E-state index in [1.165, 1.54) is 0 Å². The van der Waals surface area contributed by atoms with Crippen molar-refractivity contribution < 1.29 is 23.9 Å². The number of hydrogen-bond acceptors (Lipinski definition) is 6. The summed E-state index contributed by atoms with van der Waals surface area (Å²) in [4.78, 5) is 41.1. The Morgan fingerprint density at radius 1 is 1.00 bits per heavy atom. The smallest absolute Gasteiger partial charge is 0.407 e. The van der Waals surface area contributed by atoms with E-state index in [0.717, 1.165) is 24.0 Å². The fourth-order valence-corrected chi connectivity index (χ4v) is 5.19. The lowest BCUT2D eigenvalue weighted by atomic mass is 9.85. The molecule has 38 heavy (non-hydrogen) atoms. The molecule has 206 valence electrons. The number of hydrogen-bond donors (Lipinski definition) is 1. The number of esters is 1. The van der Waals surface area contributed by atoms with Crippen LogP contribution in [0.15, 0.2) is 60.7 Å². The minimum atomic E-state index is -0.652. The second-order valence-corrected chi connectivity index (χ2v) is 11.1. The van der Waals surface area contributed by atoms with Gasteiger partial charge in [-0.2, -0.15) is 0 Å². The predicted molar refractivity (Wildman–Crippen MR) is 148 cm³/mol. The SMILES string of the molecule is CCC[C@@H](C(C)=O)[C@@H](Cc1ccccc1)N1C[C@H](NC(=O)OCc2ccccc2)CC1C(=O)OC(C)(C)C. The van der Waals surface area contributed by atoms with E-state index >= 15 is 0 Å². The Morgan fingerprint density at radius 3 is 2.16 bits per heavy atom. The molecule has 1 saturated heterocycles. The maximum absolute atomic E-state index is 13.4. The molecule has 1 N–H and O–H groups in total. The molecular formula is C31H42N2O5. The van der Waals surface area contributed by atoms with Gasteiger partial charge in [0.15, 0.2) is 0 Å². The first kappa shape index (κ1) is 29.4. The summed E-state index contributed by atoms with van der Waals surface area (Å²) in [5.41, 5.74) is 1.34. The number of benzene rings is 2. The molecule has 2 aromatic carbocycles. The van der Waals surface area contributed by atoms with Gasteiger partial charge in [0, 0.05) is 24.5 Å². The third kappa shape index (κ3) is 8.69. The average Bonchev–Trinajstić information content (AvgIpc) is 3.28. The van der Waals surface area contributed by atoms with E-state index in [1.807, 2.05) is 81.4 Å². The van der Waals surface area contributed by atoms with Crippen LogP contribution in [0.3, 0.4) is 0 Å². The molecule has 1 aliphatic rings. The Kier molecular flexibility index (Phi) is 10.5. The lowest BCUT2D eigenvalue weighted by molar-refractivity contribution is -0.162. The van der Waals surface area contributed by atoms with Crippen LogP contribution in [0.4, 0.5) is 4.79 Å². The quantitative estimate of drug-likeness (QED) is 0.403. The van der Waals surface area contributed by atoms with Crippen molar-refractivity contribution in [1.82, 2.24) is 10.2 Å². The van der Waals surface area contributed by atoms with Gasteiger partial charge in [-0.3, -0.25) is 14.5 Å². The van der Waals surface area contributed by atoms with Gasteiger partial charge in [0.1, 0.15) is 24.0 Å². The summed E-state index contributed by atoms with van der Waals surface area (Å²) < 4.78 is 11.2. The highest BCUT2D eigenvalue weighted by atomic mass is 16.6. The summed E-state index contributed by atoms with van der Waals surface area (Å²) in [7, 11) is 0. The molecule has 7 nitrogen and oxygen atoms in total. The number of Topliss-reactive ketones (excluding diaryl/α,β-unsaturated/α-hetero) is 1. The van der Waals surface area contributed by atoms with Crippen molar-refractivity contribution in [2.75, 3.05) is 6.54 Å².